The summed E-state index contributed by atoms with van der Waals surface area (Å²) in [5.41, 5.74) is 3.49. The number of nitrogens with one attached hydrogen (secondary N) is 3. The predicted molar refractivity (Wildman–Crippen MR) is 188 cm³/mol. The fourth-order valence-electron chi connectivity index (χ4n) is 5.33. The monoisotopic (exact) mass is 684 g/mol. The standard InChI is InChI=1S/C37H40N4O7S/c1-7-16-38-34(43)29-13-12-25(31(41-29)35(44)46-6)26-20-30-28(32-23(14-17-47-30)15-18-49-32)19-27(26)33(42)40-24-10-8-22(9-11-24)21(2)39-36(45)48-37(3,4)5/h8-13,15,18-21H,7,14,16-17H2,1-6H3,(H,38,43)(H,39,45)(H,40,42). The van der Waals surface area contributed by atoms with Crippen molar-refractivity contribution < 1.29 is 33.4 Å². The Kier molecular flexibility index (Phi) is 10.7. The first-order valence-electron chi connectivity index (χ1n) is 16.0. The largest absolute Gasteiger partial charge is 0.493 e. The summed E-state index contributed by atoms with van der Waals surface area (Å²) in [5, 5.41) is 10.6. The topological polar surface area (TPSA) is 145 Å². The molecule has 2 aromatic heterocycles. The van der Waals surface area contributed by atoms with Crippen LogP contribution in [0.5, 0.6) is 5.75 Å². The highest BCUT2D eigenvalue weighted by Gasteiger charge is 2.27. The predicted octanol–water partition coefficient (Wildman–Crippen LogP) is 7.18. The summed E-state index contributed by atoms with van der Waals surface area (Å²) in [7, 11) is 1.23. The van der Waals surface area contributed by atoms with E-state index in [1.54, 1.807) is 62.4 Å². The van der Waals surface area contributed by atoms with Crippen LogP contribution in [-0.4, -0.2) is 54.7 Å². The molecule has 0 radical (unpaired) electrons. The molecule has 2 aromatic carbocycles. The minimum absolute atomic E-state index is 0.0494. The second kappa shape index (κ2) is 14.9. The Morgan fingerprint density at radius 1 is 0.980 bits per heavy atom. The van der Waals surface area contributed by atoms with E-state index in [9.17, 15) is 19.2 Å². The van der Waals surface area contributed by atoms with Gasteiger partial charge in [-0.2, -0.15) is 0 Å². The van der Waals surface area contributed by atoms with Crippen molar-refractivity contribution in [1.29, 1.82) is 0 Å². The van der Waals surface area contributed by atoms with Gasteiger partial charge in [0.2, 0.25) is 0 Å². The van der Waals surface area contributed by atoms with E-state index in [2.05, 4.69) is 20.9 Å². The van der Waals surface area contributed by atoms with Crippen LogP contribution >= 0.6 is 11.3 Å². The van der Waals surface area contributed by atoms with Gasteiger partial charge in [-0.25, -0.2) is 14.6 Å². The zero-order chi connectivity index (χ0) is 35.3. The number of aromatic nitrogens is 1. The second-order valence-corrected chi connectivity index (χ2v) is 13.5. The van der Waals surface area contributed by atoms with Gasteiger partial charge in [-0.15, -0.1) is 11.3 Å². The van der Waals surface area contributed by atoms with Gasteiger partial charge in [-0.1, -0.05) is 19.1 Å². The number of benzene rings is 2. The van der Waals surface area contributed by atoms with E-state index in [1.807, 2.05) is 37.4 Å². The lowest BCUT2D eigenvalue weighted by Gasteiger charge is -2.22. The number of anilines is 1. The molecule has 0 fully saturated rings. The molecule has 49 heavy (non-hydrogen) atoms. The molecule has 4 aromatic rings. The van der Waals surface area contributed by atoms with Crippen LogP contribution in [0, 0.1) is 0 Å². The van der Waals surface area contributed by atoms with Gasteiger partial charge >= 0.3 is 12.1 Å². The van der Waals surface area contributed by atoms with E-state index >= 15 is 0 Å². The van der Waals surface area contributed by atoms with Crippen LogP contribution in [0.4, 0.5) is 10.5 Å². The fourth-order valence-corrected chi connectivity index (χ4v) is 6.31. The molecule has 0 saturated carbocycles. The Balaban J connectivity index is 1.53. The van der Waals surface area contributed by atoms with Gasteiger partial charge < -0.3 is 30.2 Å². The quantitative estimate of drug-likeness (QED) is 0.157. The lowest BCUT2D eigenvalue weighted by Crippen LogP contribution is -2.34. The van der Waals surface area contributed by atoms with Gasteiger partial charge in [-0.05, 0) is 93.1 Å². The Bertz CT molecular complexity index is 1880. The maximum absolute atomic E-state index is 14.1. The summed E-state index contributed by atoms with van der Waals surface area (Å²) < 4.78 is 16.6. The summed E-state index contributed by atoms with van der Waals surface area (Å²) in [6.45, 7) is 10.1. The van der Waals surface area contributed by atoms with Crippen LogP contribution in [0.15, 0.2) is 60.0 Å². The SMILES string of the molecule is CCCNC(=O)c1ccc(-c2cc3c(cc2C(=O)Nc2ccc(C(C)NC(=O)OC(C)(C)C)cc2)-c2sccc2CCO3)c(C(=O)OC)n1. The molecule has 0 saturated heterocycles. The fraction of sp³-hybridized carbons (Fsp3) is 0.324. The average molecular weight is 685 g/mol. The molecule has 3 amide bonds. The Hall–Kier alpha value is -5.23. The molecular formula is C37H40N4O7S. The molecule has 1 unspecified atom stereocenters. The van der Waals surface area contributed by atoms with Gasteiger partial charge in [0, 0.05) is 45.8 Å². The molecule has 256 valence electrons. The van der Waals surface area contributed by atoms with Crippen LogP contribution in [0.2, 0.25) is 0 Å². The van der Waals surface area contributed by atoms with Crippen LogP contribution in [-0.2, 0) is 15.9 Å². The molecule has 1 atom stereocenters. The van der Waals surface area contributed by atoms with Crippen LogP contribution in [0.3, 0.4) is 0 Å². The lowest BCUT2D eigenvalue weighted by molar-refractivity contribution is 0.0506. The van der Waals surface area contributed by atoms with Crippen molar-refractivity contribution in [2.75, 3.05) is 25.6 Å². The zero-order valence-corrected chi connectivity index (χ0v) is 29.2. The summed E-state index contributed by atoms with van der Waals surface area (Å²) in [6.07, 6.45) is 0.910. The van der Waals surface area contributed by atoms with Crippen LogP contribution in [0.1, 0.15) is 89.5 Å². The number of carbonyl (C=O) groups excluding carboxylic acids is 4. The maximum atomic E-state index is 14.1. The third-order valence-electron chi connectivity index (χ3n) is 7.72. The molecular weight excluding hydrogens is 644 g/mol. The third kappa shape index (κ3) is 8.26. The van der Waals surface area contributed by atoms with E-state index < -0.39 is 29.5 Å². The number of alkyl carbamates (subject to hydrolysis) is 1. The molecule has 3 N–H and O–H groups in total. The van der Waals surface area contributed by atoms with Crippen molar-refractivity contribution in [3.63, 3.8) is 0 Å². The number of methoxy groups -OCH3 is 1. The van der Waals surface area contributed by atoms with E-state index in [0.717, 1.165) is 28.0 Å². The van der Waals surface area contributed by atoms with Gasteiger partial charge in [0.25, 0.3) is 11.8 Å². The van der Waals surface area contributed by atoms with E-state index in [0.29, 0.717) is 42.1 Å². The minimum atomic E-state index is -0.757. The number of fused-ring (bicyclic) bond motifs is 3. The number of rotatable bonds is 9. The van der Waals surface area contributed by atoms with Crippen LogP contribution in [0.25, 0.3) is 21.6 Å². The minimum Gasteiger partial charge on any atom is -0.493 e. The normalized spacial score (nSPS) is 12.7. The zero-order valence-electron chi connectivity index (χ0n) is 28.4. The van der Waals surface area contributed by atoms with Crippen molar-refractivity contribution >= 4 is 40.9 Å². The first kappa shape index (κ1) is 35.1. The third-order valence-corrected chi connectivity index (χ3v) is 8.71. The molecule has 11 nitrogen and oxygen atoms in total. The van der Waals surface area contributed by atoms with Crippen molar-refractivity contribution in [2.24, 2.45) is 0 Å². The molecule has 1 aliphatic rings. The highest BCUT2D eigenvalue weighted by atomic mass is 32.1. The van der Waals surface area contributed by atoms with Gasteiger partial charge in [0.15, 0.2) is 5.69 Å². The first-order chi connectivity index (χ1) is 23.4. The van der Waals surface area contributed by atoms with Crippen molar-refractivity contribution in [1.82, 2.24) is 15.6 Å². The Morgan fingerprint density at radius 2 is 1.73 bits per heavy atom. The Morgan fingerprint density at radius 3 is 2.43 bits per heavy atom. The summed E-state index contributed by atoms with van der Waals surface area (Å²) in [5.74, 6) is -1.06. The molecule has 1 aliphatic heterocycles. The molecule has 3 heterocycles. The summed E-state index contributed by atoms with van der Waals surface area (Å²) in [4.78, 5) is 57.6. The number of esters is 1. The second-order valence-electron chi connectivity index (χ2n) is 12.6. The van der Waals surface area contributed by atoms with Gasteiger partial charge in [0.1, 0.15) is 17.0 Å². The average Bonchev–Trinajstić information content (AvgIpc) is 3.47. The maximum Gasteiger partial charge on any atom is 0.408 e. The number of hydrogen-bond donors (Lipinski definition) is 3. The smallest absolute Gasteiger partial charge is 0.408 e. The van der Waals surface area contributed by atoms with E-state index in [-0.39, 0.29) is 23.0 Å². The number of amides is 3. The number of ether oxygens (including phenoxy) is 3. The van der Waals surface area contributed by atoms with Crippen molar-refractivity contribution in [2.45, 2.75) is 59.1 Å². The number of pyridine rings is 1. The number of carbonyl (C=O) groups is 4. The molecule has 0 bridgehead atoms. The molecule has 0 aliphatic carbocycles. The highest BCUT2D eigenvalue weighted by molar-refractivity contribution is 7.13. The van der Waals surface area contributed by atoms with Gasteiger partial charge in [0.05, 0.1) is 19.8 Å². The molecule has 12 heteroatoms. The molecule has 0 spiro atoms. The first-order valence-corrected chi connectivity index (χ1v) is 16.9. The van der Waals surface area contributed by atoms with E-state index in [4.69, 9.17) is 14.2 Å². The van der Waals surface area contributed by atoms with Crippen LogP contribution < -0.4 is 20.7 Å². The number of thiophene rings is 1. The summed E-state index contributed by atoms with van der Waals surface area (Å²) in [6, 6.07) is 15.4. The van der Waals surface area contributed by atoms with E-state index in [1.165, 1.54) is 13.2 Å². The highest BCUT2D eigenvalue weighted by Crippen LogP contribution is 2.43. The molecule has 5 rings (SSSR count). The van der Waals surface area contributed by atoms with Gasteiger partial charge in [-0.3, -0.25) is 9.59 Å². The lowest BCUT2D eigenvalue weighted by atomic mass is 9.93. The number of nitrogens with zero attached hydrogens (tertiary/aromatic N) is 1. The number of hydrogen-bond acceptors (Lipinski definition) is 9. The van der Waals surface area contributed by atoms with Crippen molar-refractivity contribution in [3.05, 3.63) is 88.1 Å². The van der Waals surface area contributed by atoms with Crippen molar-refractivity contribution in [3.8, 4) is 27.3 Å². The summed E-state index contributed by atoms with van der Waals surface area (Å²) >= 11 is 1.56. The Labute approximate surface area is 289 Å².